The molecule has 4 N–H and O–H groups in total. The minimum Gasteiger partial charge on any atom is -0.481 e. The molecule has 0 aromatic heterocycles. The zero-order chi connectivity index (χ0) is 15.3. The van der Waals surface area contributed by atoms with E-state index in [-0.39, 0.29) is 11.5 Å². The first kappa shape index (κ1) is 16.2. The summed E-state index contributed by atoms with van der Waals surface area (Å²) < 4.78 is 22.7. The van der Waals surface area contributed by atoms with Crippen LogP contribution in [-0.2, 0) is 19.4 Å². The second-order valence-electron chi connectivity index (χ2n) is 4.56. The summed E-state index contributed by atoms with van der Waals surface area (Å²) >= 11 is 0. The van der Waals surface area contributed by atoms with Crippen molar-refractivity contribution < 1.29 is 33.0 Å². The van der Waals surface area contributed by atoms with Gasteiger partial charge in [0, 0.05) is 6.04 Å². The second-order valence-corrected chi connectivity index (χ2v) is 6.79. The van der Waals surface area contributed by atoms with Crippen molar-refractivity contribution in [3.63, 3.8) is 0 Å². The predicted octanol–water partition coefficient (Wildman–Crippen LogP) is -1.21. The Balaban J connectivity index is 2.53. The number of hydrogen-bond acceptors (Lipinski definition) is 5. The van der Waals surface area contributed by atoms with Crippen LogP contribution in [0.1, 0.15) is 19.3 Å². The summed E-state index contributed by atoms with van der Waals surface area (Å²) in [6.45, 7) is 0. The number of urea groups is 1. The van der Waals surface area contributed by atoms with Gasteiger partial charge in [-0.1, -0.05) is 0 Å². The molecule has 0 bridgehead atoms. The number of carbonyl (C=O) groups excluding carboxylic acids is 1. The number of carboxylic acids is 2. The quantitative estimate of drug-likeness (QED) is 0.497. The molecule has 1 rings (SSSR count). The fourth-order valence-corrected chi connectivity index (χ4v) is 3.53. The summed E-state index contributed by atoms with van der Waals surface area (Å²) in [6.07, 6.45) is 0.139. The molecule has 2 amide bonds. The van der Waals surface area contributed by atoms with E-state index in [0.29, 0.717) is 12.8 Å². The van der Waals surface area contributed by atoms with Crippen molar-refractivity contribution in [1.29, 1.82) is 0 Å². The van der Waals surface area contributed by atoms with Gasteiger partial charge < -0.3 is 20.8 Å². The molecule has 0 radical (unpaired) electrons. The first-order valence-electron chi connectivity index (χ1n) is 5.91. The van der Waals surface area contributed by atoms with E-state index >= 15 is 0 Å². The largest absolute Gasteiger partial charge is 0.481 e. The zero-order valence-electron chi connectivity index (χ0n) is 10.5. The summed E-state index contributed by atoms with van der Waals surface area (Å²) in [5, 5.41) is 21.6. The number of amides is 2. The fraction of sp³-hybridized carbons (Fsp3) is 0.700. The number of nitrogens with one attached hydrogen (secondary N) is 2. The van der Waals surface area contributed by atoms with Gasteiger partial charge in [-0.25, -0.2) is 18.0 Å². The number of sulfone groups is 1. The van der Waals surface area contributed by atoms with E-state index in [0.717, 1.165) is 0 Å². The Labute approximate surface area is 115 Å². The highest BCUT2D eigenvalue weighted by Crippen LogP contribution is 2.11. The number of rotatable bonds is 5. The highest BCUT2D eigenvalue weighted by Gasteiger charge is 2.28. The maximum absolute atomic E-state index is 11.5. The van der Waals surface area contributed by atoms with Crippen LogP contribution in [0.2, 0.25) is 0 Å². The summed E-state index contributed by atoms with van der Waals surface area (Å²) in [7, 11) is -3.19. The molecule has 9 nitrogen and oxygen atoms in total. The van der Waals surface area contributed by atoms with E-state index in [1.165, 1.54) is 0 Å². The third-order valence-corrected chi connectivity index (χ3v) is 4.60. The maximum atomic E-state index is 11.5. The van der Waals surface area contributed by atoms with E-state index in [1.54, 1.807) is 0 Å². The van der Waals surface area contributed by atoms with Crippen LogP contribution in [0, 0.1) is 0 Å². The Kier molecular flexibility index (Phi) is 5.31. The van der Waals surface area contributed by atoms with Gasteiger partial charge in [-0.05, 0) is 12.8 Å². The molecule has 1 aliphatic heterocycles. The second kappa shape index (κ2) is 6.55. The summed E-state index contributed by atoms with van der Waals surface area (Å²) in [4.78, 5) is 32.8. The fourth-order valence-electron chi connectivity index (χ4n) is 1.90. The van der Waals surface area contributed by atoms with Crippen molar-refractivity contribution in [3.05, 3.63) is 0 Å². The van der Waals surface area contributed by atoms with Crippen LogP contribution in [0.5, 0.6) is 0 Å². The molecule has 1 unspecified atom stereocenters. The van der Waals surface area contributed by atoms with Gasteiger partial charge in [0.2, 0.25) is 0 Å². The molecule has 0 spiro atoms. The van der Waals surface area contributed by atoms with E-state index in [4.69, 9.17) is 10.2 Å². The molecule has 0 aliphatic carbocycles. The monoisotopic (exact) mass is 308 g/mol. The molecule has 0 aromatic carbocycles. The van der Waals surface area contributed by atoms with Crippen LogP contribution in [-0.4, -0.2) is 60.2 Å². The maximum Gasteiger partial charge on any atom is 0.326 e. The number of hydrogen-bond donors (Lipinski definition) is 4. The van der Waals surface area contributed by atoms with Crippen LogP contribution in [0.4, 0.5) is 4.79 Å². The topological polar surface area (TPSA) is 150 Å². The molecule has 1 aliphatic rings. The molecular weight excluding hydrogens is 292 g/mol. The first-order valence-corrected chi connectivity index (χ1v) is 7.74. The van der Waals surface area contributed by atoms with Crippen LogP contribution < -0.4 is 10.6 Å². The lowest BCUT2D eigenvalue weighted by Crippen LogP contribution is -2.52. The van der Waals surface area contributed by atoms with Crippen molar-refractivity contribution in [2.24, 2.45) is 0 Å². The van der Waals surface area contributed by atoms with Gasteiger partial charge in [-0.3, -0.25) is 4.79 Å². The summed E-state index contributed by atoms with van der Waals surface area (Å²) in [6, 6.07) is -3.04. The van der Waals surface area contributed by atoms with Crippen molar-refractivity contribution in [2.45, 2.75) is 31.3 Å². The Morgan fingerprint density at radius 2 is 1.90 bits per heavy atom. The summed E-state index contributed by atoms with van der Waals surface area (Å²) in [5.74, 6) is -2.96. The molecular formula is C10H16N2O7S. The molecule has 20 heavy (non-hydrogen) atoms. The molecule has 1 saturated heterocycles. The summed E-state index contributed by atoms with van der Waals surface area (Å²) in [5.41, 5.74) is 0. The van der Waals surface area contributed by atoms with Gasteiger partial charge in [0.25, 0.3) is 0 Å². The normalized spacial score (nSPS) is 22.5. The molecule has 114 valence electrons. The lowest BCUT2D eigenvalue weighted by Gasteiger charge is -2.24. The van der Waals surface area contributed by atoms with Crippen molar-refractivity contribution in [1.82, 2.24) is 10.6 Å². The average Bonchev–Trinajstić information content (AvgIpc) is 2.25. The molecule has 2 atom stereocenters. The standard InChI is InChI=1S/C10H16N2O7S/c13-8(14)4-7(9(15)16)12-10(17)11-6-2-1-3-20(18,19)5-6/h6-7H,1-5H2,(H,13,14)(H,15,16)(H2,11,12,17)/t6?,7-/m0/s1. The Morgan fingerprint density at radius 1 is 1.25 bits per heavy atom. The molecule has 1 fully saturated rings. The van der Waals surface area contributed by atoms with Gasteiger partial charge in [-0.15, -0.1) is 0 Å². The third kappa shape index (κ3) is 5.43. The number of carbonyl (C=O) groups is 3. The average molecular weight is 308 g/mol. The van der Waals surface area contributed by atoms with Crippen LogP contribution in [0.15, 0.2) is 0 Å². The van der Waals surface area contributed by atoms with Crippen LogP contribution >= 0.6 is 0 Å². The highest BCUT2D eigenvalue weighted by atomic mass is 32.2. The zero-order valence-corrected chi connectivity index (χ0v) is 11.4. The van der Waals surface area contributed by atoms with E-state index in [2.05, 4.69) is 5.32 Å². The van der Waals surface area contributed by atoms with Crippen molar-refractivity contribution in [3.8, 4) is 0 Å². The molecule has 0 saturated carbocycles. The smallest absolute Gasteiger partial charge is 0.326 e. The number of carboxylic acid groups (broad SMARTS) is 2. The SMILES string of the molecule is O=C(O)C[C@H](NC(=O)NC1CCCS(=O)(=O)C1)C(=O)O. The lowest BCUT2D eigenvalue weighted by atomic mass is 10.2. The van der Waals surface area contributed by atoms with Gasteiger partial charge in [0.1, 0.15) is 6.04 Å². The first-order chi connectivity index (χ1) is 9.19. The minimum atomic E-state index is -3.19. The lowest BCUT2D eigenvalue weighted by molar-refractivity contribution is -0.145. The minimum absolute atomic E-state index is 0.0730. The third-order valence-electron chi connectivity index (χ3n) is 2.78. The number of aliphatic carboxylic acids is 2. The Morgan fingerprint density at radius 3 is 2.40 bits per heavy atom. The Bertz CT molecular complexity index is 502. The van der Waals surface area contributed by atoms with E-state index < -0.39 is 46.3 Å². The Hall–Kier alpha value is -1.84. The van der Waals surface area contributed by atoms with Gasteiger partial charge in [0.15, 0.2) is 9.84 Å². The van der Waals surface area contributed by atoms with Crippen LogP contribution in [0.25, 0.3) is 0 Å². The van der Waals surface area contributed by atoms with Gasteiger partial charge >= 0.3 is 18.0 Å². The highest BCUT2D eigenvalue weighted by molar-refractivity contribution is 7.91. The van der Waals surface area contributed by atoms with Crippen LogP contribution in [0.3, 0.4) is 0 Å². The van der Waals surface area contributed by atoms with Gasteiger partial charge in [-0.2, -0.15) is 0 Å². The van der Waals surface area contributed by atoms with Gasteiger partial charge in [0.05, 0.1) is 17.9 Å². The molecule has 1 heterocycles. The van der Waals surface area contributed by atoms with E-state index in [9.17, 15) is 22.8 Å². The predicted molar refractivity (Wildman–Crippen MR) is 67.0 cm³/mol. The van der Waals surface area contributed by atoms with Crippen molar-refractivity contribution >= 4 is 27.8 Å². The molecule has 10 heteroatoms. The van der Waals surface area contributed by atoms with Crippen molar-refractivity contribution in [2.75, 3.05) is 11.5 Å². The molecule has 0 aromatic rings. The van der Waals surface area contributed by atoms with E-state index in [1.807, 2.05) is 5.32 Å².